The number of rotatable bonds is 5. The van der Waals surface area contributed by atoms with Crippen LogP contribution in [0.3, 0.4) is 0 Å². The zero-order chi connectivity index (χ0) is 14.5. The van der Waals surface area contributed by atoms with Gasteiger partial charge in [0.25, 0.3) is 0 Å². The van der Waals surface area contributed by atoms with Gasteiger partial charge in [-0.1, -0.05) is 28.9 Å². The van der Waals surface area contributed by atoms with Crippen molar-refractivity contribution in [1.29, 1.82) is 0 Å². The first kappa shape index (κ1) is 15.5. The highest BCUT2D eigenvalue weighted by Crippen LogP contribution is 2.25. The van der Waals surface area contributed by atoms with E-state index in [4.69, 9.17) is 21.5 Å². The van der Waals surface area contributed by atoms with Crippen molar-refractivity contribution in [3.8, 4) is 0 Å². The highest BCUT2D eigenvalue weighted by molar-refractivity contribution is 6.30. The molecule has 0 unspecified atom stereocenters. The van der Waals surface area contributed by atoms with Gasteiger partial charge in [-0.25, -0.2) is 0 Å². The van der Waals surface area contributed by atoms with Gasteiger partial charge in [0.05, 0.1) is 17.7 Å². The minimum atomic E-state index is -0.753. The second-order valence-electron chi connectivity index (χ2n) is 4.83. The van der Waals surface area contributed by atoms with Gasteiger partial charge in [-0.2, -0.15) is 0 Å². The largest absolute Gasteiger partial charge is 0.466 e. The number of benzene rings is 1. The fourth-order valence-electron chi connectivity index (χ4n) is 1.65. The second kappa shape index (κ2) is 6.57. The Morgan fingerprint density at radius 3 is 2.42 bits per heavy atom. The van der Waals surface area contributed by atoms with E-state index in [-0.39, 0.29) is 12.4 Å². The Balaban J connectivity index is 2.88. The Morgan fingerprint density at radius 1 is 1.37 bits per heavy atom. The van der Waals surface area contributed by atoms with Crippen LogP contribution in [0.25, 0.3) is 0 Å². The van der Waals surface area contributed by atoms with Crippen LogP contribution in [0.2, 0.25) is 5.02 Å². The van der Waals surface area contributed by atoms with Crippen LogP contribution in [-0.4, -0.2) is 23.5 Å². The molecule has 5 heteroatoms. The minimum Gasteiger partial charge on any atom is -0.466 e. The summed E-state index contributed by atoms with van der Waals surface area (Å²) in [6, 6.07) is 6.91. The summed E-state index contributed by atoms with van der Waals surface area (Å²) in [7, 11) is 0. The molecule has 0 atom stereocenters. The molecule has 1 aromatic rings. The standard InChI is InChI=1S/C14H18ClNO3/c1-4-19-13(17)14(2,3)9-12(16-18)10-5-7-11(15)8-6-10/h5-8,18H,4,9H2,1-3H3/b16-12-. The summed E-state index contributed by atoms with van der Waals surface area (Å²) in [6.45, 7) is 5.60. The molecule has 0 bridgehead atoms. The van der Waals surface area contributed by atoms with Gasteiger partial charge in [-0.15, -0.1) is 0 Å². The van der Waals surface area contributed by atoms with E-state index in [2.05, 4.69) is 5.16 Å². The minimum absolute atomic E-state index is 0.282. The number of halogens is 1. The van der Waals surface area contributed by atoms with E-state index < -0.39 is 5.41 Å². The van der Waals surface area contributed by atoms with E-state index in [1.165, 1.54) is 0 Å². The first-order valence-electron chi connectivity index (χ1n) is 6.05. The summed E-state index contributed by atoms with van der Waals surface area (Å²) in [6.07, 6.45) is 0.282. The zero-order valence-corrected chi connectivity index (χ0v) is 12.1. The molecule has 0 aromatic heterocycles. The number of nitrogens with zero attached hydrogens (tertiary/aromatic N) is 1. The molecule has 0 heterocycles. The molecule has 104 valence electrons. The molecule has 0 fully saturated rings. The highest BCUT2D eigenvalue weighted by atomic mass is 35.5. The normalized spacial score (nSPS) is 12.3. The molecule has 0 spiro atoms. The van der Waals surface area contributed by atoms with Crippen molar-refractivity contribution in [2.24, 2.45) is 10.6 Å². The van der Waals surface area contributed by atoms with Gasteiger partial charge in [0.2, 0.25) is 0 Å². The summed E-state index contributed by atoms with van der Waals surface area (Å²) >= 11 is 5.81. The molecule has 1 rings (SSSR count). The van der Waals surface area contributed by atoms with Crippen LogP contribution < -0.4 is 0 Å². The summed E-state index contributed by atoms with van der Waals surface area (Å²) in [5.74, 6) is -0.315. The number of hydrogen-bond donors (Lipinski definition) is 1. The van der Waals surface area contributed by atoms with Gasteiger partial charge < -0.3 is 9.94 Å². The number of esters is 1. The predicted octanol–water partition coefficient (Wildman–Crippen LogP) is 3.50. The Morgan fingerprint density at radius 2 is 1.95 bits per heavy atom. The van der Waals surface area contributed by atoms with Crippen LogP contribution >= 0.6 is 11.6 Å². The van der Waals surface area contributed by atoms with Crippen molar-refractivity contribution in [2.75, 3.05) is 6.61 Å². The van der Waals surface area contributed by atoms with Crippen molar-refractivity contribution in [3.05, 3.63) is 34.9 Å². The van der Waals surface area contributed by atoms with Crippen molar-refractivity contribution < 1.29 is 14.7 Å². The van der Waals surface area contributed by atoms with E-state index in [1.807, 2.05) is 0 Å². The molecule has 1 N–H and O–H groups in total. The summed E-state index contributed by atoms with van der Waals surface area (Å²) in [4.78, 5) is 11.8. The lowest BCUT2D eigenvalue weighted by Crippen LogP contribution is -2.29. The van der Waals surface area contributed by atoms with Crippen molar-refractivity contribution in [2.45, 2.75) is 27.2 Å². The lowest BCUT2D eigenvalue weighted by molar-refractivity contribution is -0.152. The zero-order valence-electron chi connectivity index (χ0n) is 11.3. The fraction of sp³-hybridized carbons (Fsp3) is 0.429. The van der Waals surface area contributed by atoms with E-state index in [0.29, 0.717) is 17.3 Å². The maximum atomic E-state index is 11.8. The Hall–Kier alpha value is -1.55. The average Bonchev–Trinajstić information content (AvgIpc) is 2.37. The topological polar surface area (TPSA) is 58.9 Å². The number of carbonyl (C=O) groups excluding carboxylic acids is 1. The lowest BCUT2D eigenvalue weighted by Gasteiger charge is -2.22. The van der Waals surface area contributed by atoms with Crippen LogP contribution in [0.15, 0.2) is 29.4 Å². The SMILES string of the molecule is CCOC(=O)C(C)(C)C/C(=N/O)c1ccc(Cl)cc1. The first-order valence-corrected chi connectivity index (χ1v) is 6.42. The molecule has 0 saturated heterocycles. The molecule has 4 nitrogen and oxygen atoms in total. The second-order valence-corrected chi connectivity index (χ2v) is 5.27. The molecule has 0 radical (unpaired) electrons. The van der Waals surface area contributed by atoms with Gasteiger partial charge >= 0.3 is 5.97 Å². The fourth-order valence-corrected chi connectivity index (χ4v) is 1.78. The van der Waals surface area contributed by atoms with Crippen LogP contribution in [0.1, 0.15) is 32.8 Å². The average molecular weight is 284 g/mol. The van der Waals surface area contributed by atoms with Crippen molar-refractivity contribution in [3.63, 3.8) is 0 Å². The Kier molecular flexibility index (Phi) is 5.36. The molecule has 0 amide bonds. The van der Waals surface area contributed by atoms with E-state index >= 15 is 0 Å². The molecule has 0 aliphatic rings. The molecular weight excluding hydrogens is 266 g/mol. The quantitative estimate of drug-likeness (QED) is 0.389. The predicted molar refractivity (Wildman–Crippen MR) is 74.8 cm³/mol. The lowest BCUT2D eigenvalue weighted by atomic mass is 9.85. The molecule has 0 aliphatic heterocycles. The maximum absolute atomic E-state index is 11.8. The van der Waals surface area contributed by atoms with Crippen LogP contribution in [0, 0.1) is 5.41 Å². The van der Waals surface area contributed by atoms with Gasteiger partial charge in [0.1, 0.15) is 0 Å². The summed E-state index contributed by atoms with van der Waals surface area (Å²) in [5.41, 5.74) is 0.399. The van der Waals surface area contributed by atoms with Crippen LogP contribution in [0.4, 0.5) is 0 Å². The van der Waals surface area contributed by atoms with Crippen LogP contribution in [0.5, 0.6) is 0 Å². The van der Waals surface area contributed by atoms with Crippen LogP contribution in [-0.2, 0) is 9.53 Å². The third-order valence-corrected chi connectivity index (χ3v) is 2.99. The van der Waals surface area contributed by atoms with E-state index in [1.54, 1.807) is 45.0 Å². The maximum Gasteiger partial charge on any atom is 0.311 e. The third-order valence-electron chi connectivity index (χ3n) is 2.74. The molecular formula is C14H18ClNO3. The molecule has 1 aromatic carbocycles. The molecule has 0 aliphatic carbocycles. The number of carbonyl (C=O) groups is 1. The van der Waals surface area contributed by atoms with Gasteiger partial charge in [-0.3, -0.25) is 4.79 Å². The Bertz CT molecular complexity index is 466. The highest BCUT2D eigenvalue weighted by Gasteiger charge is 2.31. The van der Waals surface area contributed by atoms with Gasteiger partial charge in [0, 0.05) is 11.4 Å². The smallest absolute Gasteiger partial charge is 0.311 e. The molecule has 0 saturated carbocycles. The monoisotopic (exact) mass is 283 g/mol. The van der Waals surface area contributed by atoms with Crippen molar-refractivity contribution in [1.82, 2.24) is 0 Å². The summed E-state index contributed by atoms with van der Waals surface area (Å²) < 4.78 is 5.01. The number of oxime groups is 1. The number of ether oxygens (including phenoxy) is 1. The molecule has 19 heavy (non-hydrogen) atoms. The van der Waals surface area contributed by atoms with E-state index in [0.717, 1.165) is 5.56 Å². The Labute approximate surface area is 118 Å². The summed E-state index contributed by atoms with van der Waals surface area (Å²) in [5, 5.41) is 13.0. The first-order chi connectivity index (χ1) is 8.90. The van der Waals surface area contributed by atoms with Crippen molar-refractivity contribution >= 4 is 23.3 Å². The van der Waals surface area contributed by atoms with E-state index in [9.17, 15) is 4.79 Å². The number of hydrogen-bond acceptors (Lipinski definition) is 4. The van der Waals surface area contributed by atoms with Gasteiger partial charge in [0.15, 0.2) is 0 Å². The third kappa shape index (κ3) is 4.24. The van der Waals surface area contributed by atoms with Gasteiger partial charge in [-0.05, 0) is 38.5 Å².